The third-order valence-electron chi connectivity index (χ3n) is 2.59. The van der Waals surface area contributed by atoms with E-state index >= 15 is 0 Å². The van der Waals surface area contributed by atoms with Crippen LogP contribution < -0.4 is 0 Å². The van der Waals surface area contributed by atoms with Crippen molar-refractivity contribution in [3.05, 3.63) is 40.3 Å². The molecule has 1 aromatic heterocycles. The number of thiophene rings is 1. The highest BCUT2D eigenvalue weighted by Gasteiger charge is 2.10. The van der Waals surface area contributed by atoms with E-state index in [1.807, 2.05) is 12.1 Å². The van der Waals surface area contributed by atoms with Crippen LogP contribution in [0.1, 0.15) is 27.7 Å². The van der Waals surface area contributed by atoms with Gasteiger partial charge in [-0.3, -0.25) is 4.79 Å². The van der Waals surface area contributed by atoms with E-state index in [0.29, 0.717) is 0 Å². The van der Waals surface area contributed by atoms with E-state index in [4.69, 9.17) is 0 Å². The highest BCUT2D eigenvalue weighted by atomic mass is 32.2. The molecule has 0 aliphatic rings. The Kier molecular flexibility index (Phi) is 4.20. The van der Waals surface area contributed by atoms with E-state index in [0.717, 1.165) is 14.0 Å². The first-order valence-corrected chi connectivity index (χ1v) is 7.72. The van der Waals surface area contributed by atoms with Gasteiger partial charge in [0.05, 0.1) is 9.09 Å². The summed E-state index contributed by atoms with van der Waals surface area (Å²) in [4.78, 5) is 14.5. The van der Waals surface area contributed by atoms with Gasteiger partial charge in [0.2, 0.25) is 0 Å². The first kappa shape index (κ1) is 13.7. The largest absolute Gasteiger partial charge is 0.294 e. The van der Waals surface area contributed by atoms with Crippen molar-refractivity contribution in [2.24, 2.45) is 0 Å². The number of rotatable bonds is 3. The second-order valence-electron chi connectivity index (χ2n) is 4.22. The Bertz CT molecular complexity index is 576. The molecule has 0 aliphatic heterocycles. The minimum atomic E-state index is 0.135. The Morgan fingerprint density at radius 1 is 1.22 bits per heavy atom. The highest BCUT2D eigenvalue weighted by molar-refractivity contribution is 8.01. The predicted octanol–water partition coefficient (Wildman–Crippen LogP) is 4.09. The van der Waals surface area contributed by atoms with Crippen LogP contribution in [0.2, 0.25) is 0 Å². The summed E-state index contributed by atoms with van der Waals surface area (Å²) < 4.78 is 1.16. The van der Waals surface area contributed by atoms with Crippen LogP contribution in [-0.4, -0.2) is 5.78 Å². The molecule has 0 N–H and O–H groups in total. The van der Waals surface area contributed by atoms with Crippen molar-refractivity contribution in [3.8, 4) is 0 Å². The summed E-state index contributed by atoms with van der Waals surface area (Å²) in [6, 6.07) is 8.16. The lowest BCUT2D eigenvalue weighted by Crippen LogP contribution is -1.86. The van der Waals surface area contributed by atoms with Crippen LogP contribution in [0.15, 0.2) is 38.3 Å². The lowest BCUT2D eigenvalue weighted by atomic mass is 10.1. The van der Waals surface area contributed by atoms with Crippen molar-refractivity contribution in [2.45, 2.75) is 34.8 Å². The van der Waals surface area contributed by atoms with Gasteiger partial charge in [0.15, 0.2) is 10.7 Å². The molecule has 0 bridgehead atoms. The molecule has 2 rings (SSSR count). The average Bonchev–Trinajstić information content (AvgIpc) is 2.71. The van der Waals surface area contributed by atoms with E-state index in [1.165, 1.54) is 16.0 Å². The van der Waals surface area contributed by atoms with Gasteiger partial charge in [0.1, 0.15) is 0 Å². The fourth-order valence-electron chi connectivity index (χ4n) is 1.78. The summed E-state index contributed by atoms with van der Waals surface area (Å²) in [7, 11) is 0. The Labute approximate surface area is 121 Å². The molecule has 0 fully saturated rings. The number of aryl methyl sites for hydroxylation is 2. The van der Waals surface area contributed by atoms with Crippen molar-refractivity contribution in [3.63, 3.8) is 0 Å². The molecule has 2 aromatic rings. The third kappa shape index (κ3) is 2.99. The Hall–Kier alpha value is -0.710. The maximum atomic E-state index is 11.3. The van der Waals surface area contributed by atoms with Crippen molar-refractivity contribution >= 4 is 41.5 Å². The van der Waals surface area contributed by atoms with Crippen molar-refractivity contribution in [1.82, 2.24) is 0 Å². The number of Topliss-reactive ketones (excluding diaryl/α,β-unsaturated/α-hetero) is 1. The van der Waals surface area contributed by atoms with Gasteiger partial charge < -0.3 is 0 Å². The standard InChI is InChI=1S/C14H14OS3/c1-8-6-11(16)7-9(2)14(8)18-13-5-4-12(17-13)10(3)15/h4-7,16H,1-3H3/p+1. The molecule has 0 radical (unpaired) electrons. The first-order chi connectivity index (χ1) is 8.47. The van der Waals surface area contributed by atoms with E-state index in [1.54, 1.807) is 30.0 Å². The molecule has 1 aromatic carbocycles. The van der Waals surface area contributed by atoms with Gasteiger partial charge in [-0.05, 0) is 68.8 Å². The Morgan fingerprint density at radius 3 is 2.33 bits per heavy atom. The SMILES string of the molecule is CC(=O)c1ccc(Sc2c(C)cc([SH2+])cc2C)s1. The topological polar surface area (TPSA) is 17.1 Å². The number of benzene rings is 1. The molecule has 94 valence electrons. The number of hydrogen-bond donors (Lipinski definition) is 0. The van der Waals surface area contributed by atoms with Crippen LogP contribution in [0.4, 0.5) is 0 Å². The highest BCUT2D eigenvalue weighted by Crippen LogP contribution is 2.37. The van der Waals surface area contributed by atoms with Crippen molar-refractivity contribution in [1.29, 1.82) is 0 Å². The zero-order chi connectivity index (χ0) is 13.3. The summed E-state index contributed by atoms with van der Waals surface area (Å²) in [6.07, 6.45) is 0. The second kappa shape index (κ2) is 5.51. The molecule has 0 spiro atoms. The monoisotopic (exact) mass is 295 g/mol. The zero-order valence-electron chi connectivity index (χ0n) is 10.5. The average molecular weight is 295 g/mol. The molecular weight excluding hydrogens is 280 g/mol. The summed E-state index contributed by atoms with van der Waals surface area (Å²) in [5.74, 6) is 0.135. The predicted molar refractivity (Wildman–Crippen MR) is 82.8 cm³/mol. The smallest absolute Gasteiger partial charge is 0.169 e. The van der Waals surface area contributed by atoms with Gasteiger partial charge in [-0.2, -0.15) is 0 Å². The molecule has 0 unspecified atom stereocenters. The maximum Gasteiger partial charge on any atom is 0.169 e. The summed E-state index contributed by atoms with van der Waals surface area (Å²) in [5.41, 5.74) is 2.51. The lowest BCUT2D eigenvalue weighted by molar-refractivity contribution is 0.102. The Morgan fingerprint density at radius 2 is 1.83 bits per heavy atom. The quantitative estimate of drug-likeness (QED) is 0.627. The molecular formula is C14H15OS3+. The molecule has 1 nitrogen and oxygen atoms in total. The summed E-state index contributed by atoms with van der Waals surface area (Å²) >= 11 is 6.85. The van der Waals surface area contributed by atoms with E-state index in [-0.39, 0.29) is 5.78 Å². The number of ketones is 1. The fraction of sp³-hybridized carbons (Fsp3) is 0.214. The molecule has 18 heavy (non-hydrogen) atoms. The fourth-order valence-corrected chi connectivity index (χ4v) is 4.30. The molecule has 0 aliphatic carbocycles. The zero-order valence-corrected chi connectivity index (χ0v) is 13.2. The van der Waals surface area contributed by atoms with Crippen LogP contribution in [-0.2, 0) is 12.6 Å². The minimum absolute atomic E-state index is 0.135. The summed E-state index contributed by atoms with van der Waals surface area (Å²) in [6.45, 7) is 5.83. The van der Waals surface area contributed by atoms with Gasteiger partial charge in [-0.15, -0.1) is 11.3 Å². The number of carbonyl (C=O) groups excluding carboxylic acids is 1. The first-order valence-electron chi connectivity index (χ1n) is 5.59. The van der Waals surface area contributed by atoms with Gasteiger partial charge in [-0.1, -0.05) is 11.8 Å². The van der Waals surface area contributed by atoms with Gasteiger partial charge in [0, 0.05) is 4.90 Å². The molecule has 4 heteroatoms. The third-order valence-corrected chi connectivity index (χ3v) is 5.55. The van der Waals surface area contributed by atoms with Crippen molar-refractivity contribution < 1.29 is 4.79 Å². The van der Waals surface area contributed by atoms with E-state index in [2.05, 4.69) is 38.6 Å². The van der Waals surface area contributed by atoms with Crippen LogP contribution in [0.3, 0.4) is 0 Å². The molecule has 0 atom stereocenters. The van der Waals surface area contributed by atoms with Crippen LogP contribution in [0.25, 0.3) is 0 Å². The van der Waals surface area contributed by atoms with Gasteiger partial charge in [-0.25, -0.2) is 0 Å². The van der Waals surface area contributed by atoms with Crippen LogP contribution in [0.5, 0.6) is 0 Å². The number of carbonyl (C=O) groups is 1. The van der Waals surface area contributed by atoms with E-state index < -0.39 is 0 Å². The summed E-state index contributed by atoms with van der Waals surface area (Å²) in [5, 5.41) is 0. The number of hydrogen-bond acceptors (Lipinski definition) is 3. The van der Waals surface area contributed by atoms with Crippen LogP contribution in [0, 0.1) is 13.8 Å². The second-order valence-corrected chi connectivity index (χ2v) is 7.19. The van der Waals surface area contributed by atoms with Gasteiger partial charge >= 0.3 is 0 Å². The lowest BCUT2D eigenvalue weighted by Gasteiger charge is -2.07. The molecule has 1 heterocycles. The molecule has 0 amide bonds. The molecule has 0 saturated heterocycles. The normalized spacial score (nSPS) is 10.7. The van der Waals surface area contributed by atoms with Crippen molar-refractivity contribution in [2.75, 3.05) is 0 Å². The van der Waals surface area contributed by atoms with Crippen LogP contribution >= 0.6 is 23.1 Å². The maximum absolute atomic E-state index is 11.3. The minimum Gasteiger partial charge on any atom is -0.294 e. The Balaban J connectivity index is 2.31. The van der Waals surface area contributed by atoms with E-state index in [9.17, 15) is 4.79 Å². The molecule has 0 saturated carbocycles. The van der Waals surface area contributed by atoms with Gasteiger partial charge in [0.25, 0.3) is 0 Å².